The molecule has 0 aliphatic carbocycles. The molecule has 1 N–H and O–H groups in total. The number of nitrogens with zero attached hydrogens (tertiary/aromatic N) is 4. The van der Waals surface area contributed by atoms with Crippen LogP contribution >= 0.6 is 11.6 Å². The average Bonchev–Trinajstić information content (AvgIpc) is 3.31. The second-order valence-electron chi connectivity index (χ2n) is 8.41. The van der Waals surface area contributed by atoms with Gasteiger partial charge in [0.15, 0.2) is 0 Å². The van der Waals surface area contributed by atoms with Gasteiger partial charge in [-0.05, 0) is 42.8 Å². The molecule has 0 bridgehead atoms. The van der Waals surface area contributed by atoms with Crippen molar-refractivity contribution < 1.29 is 14.5 Å². The Morgan fingerprint density at radius 2 is 1.92 bits per heavy atom. The average molecular weight is 514 g/mol. The predicted octanol–water partition coefficient (Wildman–Crippen LogP) is 6.55. The van der Waals surface area contributed by atoms with Gasteiger partial charge < -0.3 is 10.1 Å². The number of aromatic nitrogens is 3. The van der Waals surface area contributed by atoms with Crippen LogP contribution in [0.25, 0.3) is 22.2 Å². The van der Waals surface area contributed by atoms with E-state index >= 15 is 0 Å². The highest BCUT2D eigenvalue weighted by Crippen LogP contribution is 2.33. The Hall–Kier alpha value is -4.76. The molecule has 0 atom stereocenters. The van der Waals surface area contributed by atoms with Crippen LogP contribution in [0.5, 0.6) is 11.5 Å². The molecule has 0 saturated heterocycles. The number of nitro benzene ring substituents is 1. The van der Waals surface area contributed by atoms with Crippen LogP contribution < -0.4 is 10.1 Å². The summed E-state index contributed by atoms with van der Waals surface area (Å²) >= 11 is 6.02. The number of aryl methyl sites for hydroxylation is 2. The van der Waals surface area contributed by atoms with Crippen molar-refractivity contribution in [1.29, 1.82) is 0 Å². The summed E-state index contributed by atoms with van der Waals surface area (Å²) < 4.78 is 7.55. The monoisotopic (exact) mass is 513 g/mol. The van der Waals surface area contributed by atoms with E-state index in [0.29, 0.717) is 32.9 Å². The van der Waals surface area contributed by atoms with Crippen molar-refractivity contribution in [2.45, 2.75) is 6.92 Å². The van der Waals surface area contributed by atoms with Gasteiger partial charge in [-0.15, -0.1) is 0 Å². The van der Waals surface area contributed by atoms with E-state index < -0.39 is 10.8 Å². The van der Waals surface area contributed by atoms with E-state index in [9.17, 15) is 14.9 Å². The van der Waals surface area contributed by atoms with Gasteiger partial charge in [-0.2, -0.15) is 5.10 Å². The van der Waals surface area contributed by atoms with E-state index in [4.69, 9.17) is 16.3 Å². The number of fused-ring (bicyclic) bond motifs is 1. The molecule has 3 aromatic carbocycles. The number of benzene rings is 3. The van der Waals surface area contributed by atoms with Gasteiger partial charge in [0.25, 0.3) is 11.6 Å². The molecule has 10 heteroatoms. The maximum absolute atomic E-state index is 13.5. The smallest absolute Gasteiger partial charge is 0.275 e. The predicted molar refractivity (Wildman–Crippen MR) is 141 cm³/mol. The summed E-state index contributed by atoms with van der Waals surface area (Å²) in [6.45, 7) is 1.82. The molecule has 2 heterocycles. The van der Waals surface area contributed by atoms with E-state index in [0.717, 1.165) is 11.1 Å². The molecule has 37 heavy (non-hydrogen) atoms. The lowest BCUT2D eigenvalue weighted by atomic mass is 10.0. The molecule has 0 fully saturated rings. The molecule has 184 valence electrons. The molecule has 0 spiro atoms. The highest BCUT2D eigenvalue weighted by Gasteiger charge is 2.18. The van der Waals surface area contributed by atoms with Crippen LogP contribution in [0.3, 0.4) is 0 Å². The summed E-state index contributed by atoms with van der Waals surface area (Å²) in [4.78, 5) is 29.2. The van der Waals surface area contributed by atoms with Crippen molar-refractivity contribution in [3.8, 4) is 22.8 Å². The van der Waals surface area contributed by atoms with Crippen LogP contribution in [0.4, 0.5) is 11.4 Å². The summed E-state index contributed by atoms with van der Waals surface area (Å²) in [5.41, 5.74) is 3.09. The second-order valence-corrected chi connectivity index (χ2v) is 8.85. The Kier molecular flexibility index (Phi) is 6.29. The number of pyridine rings is 1. The number of amides is 1. The van der Waals surface area contributed by atoms with E-state index in [1.54, 1.807) is 48.3 Å². The van der Waals surface area contributed by atoms with Gasteiger partial charge in [-0.25, -0.2) is 4.98 Å². The SMILES string of the molecule is Cc1cc(Cl)ccc1Oc1cc(NC(=O)c2cc(-c3cnn(C)c3)nc3ccccc23)cc([N+](=O)[O-])c1. The standard InChI is InChI=1S/C27H20ClN5O4/c1-16-9-18(28)7-8-26(16)37-21-11-19(10-20(12-21)33(35)36)30-27(34)23-13-25(17-14-29-32(2)15-17)31-24-6-4-3-5-22(23)24/h3-15H,1-2H3,(H,30,34). The van der Waals surface area contributed by atoms with Crippen molar-refractivity contribution in [3.63, 3.8) is 0 Å². The Bertz CT molecular complexity index is 1680. The molecule has 0 saturated carbocycles. The summed E-state index contributed by atoms with van der Waals surface area (Å²) in [5, 5.41) is 19.8. The summed E-state index contributed by atoms with van der Waals surface area (Å²) in [5.74, 6) is 0.242. The number of hydrogen-bond donors (Lipinski definition) is 1. The van der Waals surface area contributed by atoms with Gasteiger partial charge >= 0.3 is 0 Å². The number of ether oxygens (including phenoxy) is 1. The van der Waals surface area contributed by atoms with Crippen molar-refractivity contribution in [1.82, 2.24) is 14.8 Å². The van der Waals surface area contributed by atoms with Gasteiger partial charge in [0.2, 0.25) is 0 Å². The zero-order valence-electron chi connectivity index (χ0n) is 19.8. The number of para-hydroxylation sites is 1. The van der Waals surface area contributed by atoms with Crippen molar-refractivity contribution in [2.24, 2.45) is 7.05 Å². The Balaban J connectivity index is 1.52. The minimum absolute atomic E-state index is 0.200. The van der Waals surface area contributed by atoms with Crippen LogP contribution in [0.15, 0.2) is 79.1 Å². The highest BCUT2D eigenvalue weighted by atomic mass is 35.5. The van der Waals surface area contributed by atoms with E-state index in [1.165, 1.54) is 18.2 Å². The number of carbonyl (C=O) groups excluding carboxylic acids is 1. The Labute approximate surface area is 216 Å². The molecule has 2 aromatic heterocycles. The lowest BCUT2D eigenvalue weighted by molar-refractivity contribution is -0.384. The van der Waals surface area contributed by atoms with Crippen molar-refractivity contribution >= 4 is 39.8 Å². The molecule has 5 rings (SSSR count). The quantitative estimate of drug-likeness (QED) is 0.203. The molecule has 0 aliphatic heterocycles. The summed E-state index contributed by atoms with van der Waals surface area (Å²) in [6.07, 6.45) is 3.48. The third-order valence-electron chi connectivity index (χ3n) is 5.69. The van der Waals surface area contributed by atoms with Gasteiger partial charge in [-0.3, -0.25) is 19.6 Å². The molecule has 0 aliphatic rings. The fourth-order valence-corrected chi connectivity index (χ4v) is 4.16. The van der Waals surface area contributed by atoms with Crippen molar-refractivity contribution in [2.75, 3.05) is 5.32 Å². The number of halogens is 1. The fourth-order valence-electron chi connectivity index (χ4n) is 3.94. The van der Waals surface area contributed by atoms with Crippen LogP contribution in [0.2, 0.25) is 5.02 Å². The van der Waals surface area contributed by atoms with Crippen LogP contribution in [0, 0.1) is 17.0 Å². The van der Waals surface area contributed by atoms with Crippen LogP contribution in [-0.2, 0) is 7.05 Å². The lowest BCUT2D eigenvalue weighted by Gasteiger charge is -2.12. The van der Waals surface area contributed by atoms with Crippen LogP contribution in [0.1, 0.15) is 15.9 Å². The number of hydrogen-bond acceptors (Lipinski definition) is 6. The largest absolute Gasteiger partial charge is 0.457 e. The van der Waals surface area contributed by atoms with Gasteiger partial charge in [0, 0.05) is 41.3 Å². The normalized spacial score (nSPS) is 10.9. The van der Waals surface area contributed by atoms with Gasteiger partial charge in [0.05, 0.1) is 39.6 Å². The first kappa shape index (κ1) is 24.0. The Morgan fingerprint density at radius 1 is 1.11 bits per heavy atom. The second kappa shape index (κ2) is 9.71. The number of rotatable bonds is 6. The van der Waals surface area contributed by atoms with Crippen molar-refractivity contribution in [3.05, 3.63) is 105 Å². The third-order valence-corrected chi connectivity index (χ3v) is 5.92. The van der Waals surface area contributed by atoms with E-state index in [2.05, 4.69) is 15.4 Å². The summed E-state index contributed by atoms with van der Waals surface area (Å²) in [7, 11) is 1.80. The first-order valence-electron chi connectivity index (χ1n) is 11.2. The zero-order chi connectivity index (χ0) is 26.1. The Morgan fingerprint density at radius 3 is 2.65 bits per heavy atom. The topological polar surface area (TPSA) is 112 Å². The molecule has 5 aromatic rings. The van der Waals surface area contributed by atoms with Crippen LogP contribution in [-0.4, -0.2) is 25.6 Å². The number of non-ortho nitro benzene ring substituents is 1. The first-order chi connectivity index (χ1) is 17.8. The molecular formula is C27H20ClN5O4. The minimum atomic E-state index is -0.542. The van der Waals surface area contributed by atoms with E-state index in [-0.39, 0.29) is 17.1 Å². The van der Waals surface area contributed by atoms with Gasteiger partial charge in [-0.1, -0.05) is 29.8 Å². The van der Waals surface area contributed by atoms with Gasteiger partial charge in [0.1, 0.15) is 11.5 Å². The fraction of sp³-hybridized carbons (Fsp3) is 0.0741. The third kappa shape index (κ3) is 5.12. The molecule has 1 amide bonds. The maximum Gasteiger partial charge on any atom is 0.275 e. The highest BCUT2D eigenvalue weighted by molar-refractivity contribution is 6.30. The molecule has 9 nitrogen and oxygen atoms in total. The number of nitro groups is 1. The number of nitrogens with one attached hydrogen (secondary N) is 1. The molecule has 0 unspecified atom stereocenters. The number of anilines is 1. The van der Waals surface area contributed by atoms with E-state index in [1.807, 2.05) is 31.3 Å². The summed E-state index contributed by atoms with van der Waals surface area (Å²) in [6, 6.07) is 18.1. The minimum Gasteiger partial charge on any atom is -0.457 e. The first-order valence-corrected chi connectivity index (χ1v) is 11.6. The lowest BCUT2D eigenvalue weighted by Crippen LogP contribution is -2.13. The maximum atomic E-state index is 13.5. The number of carbonyl (C=O) groups is 1. The molecular weight excluding hydrogens is 494 g/mol. The zero-order valence-corrected chi connectivity index (χ0v) is 20.6. The molecule has 0 radical (unpaired) electrons.